The minimum atomic E-state index is -1.19. The standard InChI is InChI=1S/C25H29NO6.C16H15NO3.CH4O/c1-25(2,3)32-24(29)26-13-20(22(27)15-30-4)23(28)31-14-21-18-11-7-5-9-16(18)17-10-6-8-12-19(17)21;1-19-17-16(18)20-10-15-13-8-4-2-6-11(13)12-7-3-5-9-14(12)15;1-2/h5-12,20-21H,13-15H2,1-4H3,(H,26,29);2-9,15H,10H2,1H3,(H,17,18);2H,1H3/t20-;;/m0../s1. The normalized spacial score (nSPS) is 12.9. The van der Waals surface area contributed by atoms with Crippen molar-refractivity contribution in [2.75, 3.05) is 47.7 Å². The third-order valence-electron chi connectivity index (χ3n) is 8.69. The smallest absolute Gasteiger partial charge is 0.431 e. The molecule has 0 spiro atoms. The SMILES string of the molecule is CO.COCC(=O)[C@H](CNC(=O)OC(C)(C)C)C(=O)OCC1c2ccccc2-c2ccccc21.CONC(=O)OCC1c2ccccc2-c2ccccc21. The first-order valence-corrected chi connectivity index (χ1v) is 17.4. The predicted molar refractivity (Wildman–Crippen MR) is 203 cm³/mol. The van der Waals surface area contributed by atoms with E-state index in [2.05, 4.69) is 39.9 Å². The summed E-state index contributed by atoms with van der Waals surface area (Å²) < 4.78 is 20.9. The van der Waals surface area contributed by atoms with Crippen molar-refractivity contribution in [2.24, 2.45) is 5.92 Å². The largest absolute Gasteiger partial charge is 0.464 e. The number of rotatable bonds is 11. The number of aliphatic hydroxyl groups is 1. The number of ketones is 1. The zero-order valence-electron chi connectivity index (χ0n) is 31.4. The highest BCUT2D eigenvalue weighted by Crippen LogP contribution is 2.45. The van der Waals surface area contributed by atoms with Crippen molar-refractivity contribution < 1.29 is 48.1 Å². The van der Waals surface area contributed by atoms with Crippen LogP contribution in [0.3, 0.4) is 0 Å². The molecule has 0 heterocycles. The van der Waals surface area contributed by atoms with E-state index < -0.39 is 35.5 Å². The monoisotopic (exact) mass is 740 g/mol. The van der Waals surface area contributed by atoms with Gasteiger partial charge in [0.25, 0.3) is 0 Å². The number of benzene rings is 4. The summed E-state index contributed by atoms with van der Waals surface area (Å²) in [7, 11) is 3.75. The average molecular weight is 741 g/mol. The maximum absolute atomic E-state index is 12.8. The number of carbonyl (C=O) groups is 4. The first-order chi connectivity index (χ1) is 26.0. The van der Waals surface area contributed by atoms with Gasteiger partial charge >= 0.3 is 18.2 Å². The number of aliphatic hydroxyl groups excluding tert-OH is 1. The van der Waals surface area contributed by atoms with E-state index in [-0.39, 0.29) is 31.6 Å². The van der Waals surface area contributed by atoms with E-state index in [1.54, 1.807) is 20.8 Å². The molecule has 0 aromatic heterocycles. The molecule has 0 bridgehead atoms. The highest BCUT2D eigenvalue weighted by Gasteiger charge is 2.33. The molecule has 2 amide bonds. The van der Waals surface area contributed by atoms with E-state index >= 15 is 0 Å². The maximum Gasteiger partial charge on any atom is 0.431 e. The fraction of sp³-hybridized carbons (Fsp3) is 0.333. The lowest BCUT2D eigenvalue weighted by molar-refractivity contribution is -0.152. The van der Waals surface area contributed by atoms with E-state index in [1.165, 1.54) is 36.5 Å². The Balaban J connectivity index is 0.000000252. The van der Waals surface area contributed by atoms with E-state index in [9.17, 15) is 19.2 Å². The van der Waals surface area contributed by atoms with Crippen molar-refractivity contribution in [3.05, 3.63) is 119 Å². The highest BCUT2D eigenvalue weighted by molar-refractivity contribution is 6.00. The van der Waals surface area contributed by atoms with Crippen LogP contribution in [-0.4, -0.2) is 82.3 Å². The lowest BCUT2D eigenvalue weighted by Gasteiger charge is -2.21. The van der Waals surface area contributed by atoms with Gasteiger partial charge in [-0.1, -0.05) is 97.1 Å². The lowest BCUT2D eigenvalue weighted by atomic mass is 9.98. The van der Waals surface area contributed by atoms with E-state index in [4.69, 9.17) is 24.1 Å². The molecule has 3 N–H and O–H groups in total. The first kappa shape index (κ1) is 41.2. The number of hydrogen-bond donors (Lipinski definition) is 3. The molecule has 0 saturated heterocycles. The quantitative estimate of drug-likeness (QED) is 0.0681. The minimum Gasteiger partial charge on any atom is -0.464 e. The number of nitrogens with one attached hydrogen (secondary N) is 2. The molecule has 4 aromatic carbocycles. The van der Waals surface area contributed by atoms with Crippen LogP contribution in [0.4, 0.5) is 9.59 Å². The second-order valence-electron chi connectivity index (χ2n) is 13.3. The van der Waals surface area contributed by atoms with E-state index in [1.807, 2.05) is 72.8 Å². The fourth-order valence-corrected chi connectivity index (χ4v) is 6.49. The van der Waals surface area contributed by atoms with Gasteiger partial charge in [-0.25, -0.2) is 9.59 Å². The molecule has 286 valence electrons. The van der Waals surface area contributed by atoms with E-state index in [0.29, 0.717) is 6.61 Å². The molecule has 2 aliphatic carbocycles. The van der Waals surface area contributed by atoms with Crippen LogP contribution in [0.2, 0.25) is 0 Å². The third kappa shape index (κ3) is 10.3. The van der Waals surface area contributed by atoms with Crippen molar-refractivity contribution in [2.45, 2.75) is 38.2 Å². The molecule has 12 nitrogen and oxygen atoms in total. The molecule has 1 atom stereocenters. The van der Waals surface area contributed by atoms with Crippen LogP contribution in [-0.2, 0) is 33.4 Å². The summed E-state index contributed by atoms with van der Waals surface area (Å²) in [5, 5.41) is 9.48. The molecule has 0 unspecified atom stereocenters. The van der Waals surface area contributed by atoms with Gasteiger partial charge in [0.2, 0.25) is 0 Å². The van der Waals surface area contributed by atoms with Crippen LogP contribution >= 0.6 is 0 Å². The van der Waals surface area contributed by atoms with Gasteiger partial charge in [0.1, 0.15) is 31.3 Å². The van der Waals surface area contributed by atoms with Gasteiger partial charge in [0.05, 0.1) is 7.11 Å². The van der Waals surface area contributed by atoms with Crippen molar-refractivity contribution in [1.82, 2.24) is 10.8 Å². The molecule has 54 heavy (non-hydrogen) atoms. The summed E-state index contributed by atoms with van der Waals surface area (Å²) in [5.74, 6) is -2.41. The zero-order valence-corrected chi connectivity index (χ0v) is 31.4. The Labute approximate surface area is 315 Å². The number of hydrogen-bond acceptors (Lipinski definition) is 10. The molecular formula is C42H48N2O10. The van der Waals surface area contributed by atoms with Crippen LogP contribution in [0.15, 0.2) is 97.1 Å². The zero-order chi connectivity index (χ0) is 39.3. The molecule has 4 aromatic rings. The number of fused-ring (bicyclic) bond motifs is 6. The van der Waals surface area contributed by atoms with Crippen molar-refractivity contribution in [1.29, 1.82) is 0 Å². The van der Waals surface area contributed by atoms with Crippen LogP contribution in [0.25, 0.3) is 22.3 Å². The molecular weight excluding hydrogens is 692 g/mol. The van der Waals surface area contributed by atoms with Gasteiger partial charge < -0.3 is 29.4 Å². The fourth-order valence-electron chi connectivity index (χ4n) is 6.49. The summed E-state index contributed by atoms with van der Waals surface area (Å²) in [6.45, 7) is 5.08. The van der Waals surface area contributed by atoms with E-state index in [0.717, 1.165) is 29.4 Å². The Kier molecular flexibility index (Phi) is 14.9. The van der Waals surface area contributed by atoms with Gasteiger partial charge in [-0.2, -0.15) is 5.48 Å². The molecule has 0 saturated carbocycles. The molecule has 2 aliphatic rings. The van der Waals surface area contributed by atoms with Gasteiger partial charge in [0.15, 0.2) is 5.78 Å². The van der Waals surface area contributed by atoms with Gasteiger partial charge in [-0.15, -0.1) is 0 Å². The van der Waals surface area contributed by atoms with Crippen molar-refractivity contribution in [3.63, 3.8) is 0 Å². The number of hydroxylamine groups is 1. The van der Waals surface area contributed by atoms with Gasteiger partial charge in [-0.05, 0) is 65.3 Å². The third-order valence-corrected chi connectivity index (χ3v) is 8.69. The lowest BCUT2D eigenvalue weighted by Crippen LogP contribution is -2.41. The van der Waals surface area contributed by atoms with Crippen molar-refractivity contribution in [3.8, 4) is 22.3 Å². The Bertz CT molecular complexity index is 1810. The maximum atomic E-state index is 12.8. The van der Waals surface area contributed by atoms with Crippen LogP contribution in [0.1, 0.15) is 54.9 Å². The van der Waals surface area contributed by atoms with Crippen LogP contribution < -0.4 is 10.8 Å². The van der Waals surface area contributed by atoms with Crippen LogP contribution in [0.5, 0.6) is 0 Å². The second kappa shape index (κ2) is 19.5. The van der Waals surface area contributed by atoms with Crippen molar-refractivity contribution >= 4 is 23.9 Å². The average Bonchev–Trinajstić information content (AvgIpc) is 3.66. The topological polar surface area (TPSA) is 159 Å². The molecule has 0 aliphatic heterocycles. The highest BCUT2D eigenvalue weighted by atomic mass is 16.7. The number of carbonyl (C=O) groups excluding carboxylic acids is 4. The molecule has 12 heteroatoms. The van der Waals surface area contributed by atoms with Crippen LogP contribution in [0, 0.1) is 5.92 Å². The summed E-state index contributed by atoms with van der Waals surface area (Å²) in [6.07, 6.45) is -1.28. The number of Topliss-reactive ketones (excluding diaryl/α,β-unsaturated/α-hetero) is 1. The van der Waals surface area contributed by atoms with Gasteiger partial charge in [-0.3, -0.25) is 14.4 Å². The molecule has 6 rings (SSSR count). The summed E-state index contributed by atoms with van der Waals surface area (Å²) >= 11 is 0. The number of amides is 2. The minimum absolute atomic E-state index is 0.0741. The Morgan fingerprint density at radius 1 is 0.648 bits per heavy atom. The number of esters is 1. The summed E-state index contributed by atoms with van der Waals surface area (Å²) in [6, 6.07) is 32.4. The second-order valence-corrected chi connectivity index (χ2v) is 13.3. The summed E-state index contributed by atoms with van der Waals surface area (Å²) in [4.78, 5) is 53.2. The van der Waals surface area contributed by atoms with Gasteiger partial charge in [0, 0.05) is 32.6 Å². The summed E-state index contributed by atoms with van der Waals surface area (Å²) in [5.41, 5.74) is 10.7. The predicted octanol–water partition coefficient (Wildman–Crippen LogP) is 6.39. The molecule has 0 fully saturated rings. The Morgan fingerprint density at radius 3 is 1.44 bits per heavy atom. The Morgan fingerprint density at radius 2 is 1.06 bits per heavy atom. The molecule has 0 radical (unpaired) electrons. The first-order valence-electron chi connectivity index (χ1n) is 17.4. The number of methoxy groups -OCH3 is 1. The Hall–Kier alpha value is -5.56. The number of ether oxygens (including phenoxy) is 4. The number of alkyl carbamates (subject to hydrolysis) is 1.